The van der Waals surface area contributed by atoms with E-state index in [1.54, 1.807) is 0 Å². The number of hydrogen-bond donors (Lipinski definition) is 2. The summed E-state index contributed by atoms with van der Waals surface area (Å²) in [5.74, 6) is 2.44. The van der Waals surface area contributed by atoms with Crippen molar-refractivity contribution in [2.24, 2.45) is 5.73 Å². The van der Waals surface area contributed by atoms with Gasteiger partial charge in [-0.25, -0.2) is 4.98 Å². The average Bonchev–Trinajstić information content (AvgIpc) is 2.80. The summed E-state index contributed by atoms with van der Waals surface area (Å²) in [6.07, 6.45) is 8.54. The average molecular weight is 222 g/mol. The van der Waals surface area contributed by atoms with Gasteiger partial charge in [0.15, 0.2) is 5.82 Å². The standard InChI is InChI=1S/C12H22N4/c1-2-6-10(13)12-14-11(15-16-12)9-7-4-3-5-8-9/h9-10H,2-8,13H2,1H3,(H,14,15,16)/t10-/m0/s1. The molecule has 2 rings (SSSR count). The Labute approximate surface area is 97.0 Å². The molecule has 1 aliphatic rings. The van der Waals surface area contributed by atoms with Crippen molar-refractivity contribution in [1.29, 1.82) is 0 Å². The van der Waals surface area contributed by atoms with Crippen molar-refractivity contribution in [3.8, 4) is 0 Å². The molecule has 16 heavy (non-hydrogen) atoms. The van der Waals surface area contributed by atoms with Gasteiger partial charge in [0.1, 0.15) is 5.82 Å². The Kier molecular flexibility index (Phi) is 3.93. The lowest BCUT2D eigenvalue weighted by Gasteiger charge is -2.18. The molecule has 0 radical (unpaired) electrons. The molecule has 90 valence electrons. The zero-order valence-corrected chi connectivity index (χ0v) is 10.1. The molecule has 1 aromatic rings. The van der Waals surface area contributed by atoms with Gasteiger partial charge in [-0.2, -0.15) is 5.10 Å². The molecule has 1 heterocycles. The molecule has 0 aromatic carbocycles. The fourth-order valence-corrected chi connectivity index (χ4v) is 2.45. The minimum Gasteiger partial charge on any atom is -0.321 e. The van der Waals surface area contributed by atoms with Gasteiger partial charge in [0.25, 0.3) is 0 Å². The molecule has 0 bridgehead atoms. The lowest BCUT2D eigenvalue weighted by atomic mass is 9.89. The molecule has 1 fully saturated rings. The summed E-state index contributed by atoms with van der Waals surface area (Å²) in [4.78, 5) is 4.56. The van der Waals surface area contributed by atoms with Crippen LogP contribution in [0.2, 0.25) is 0 Å². The Hall–Kier alpha value is -0.900. The van der Waals surface area contributed by atoms with Gasteiger partial charge in [-0.05, 0) is 19.3 Å². The first-order valence-electron chi connectivity index (χ1n) is 6.49. The summed E-state index contributed by atoms with van der Waals surface area (Å²) >= 11 is 0. The van der Waals surface area contributed by atoms with E-state index in [2.05, 4.69) is 22.1 Å². The van der Waals surface area contributed by atoms with Crippen molar-refractivity contribution in [2.75, 3.05) is 0 Å². The zero-order chi connectivity index (χ0) is 11.4. The molecule has 0 unspecified atom stereocenters. The maximum Gasteiger partial charge on any atom is 0.167 e. The van der Waals surface area contributed by atoms with Gasteiger partial charge in [-0.1, -0.05) is 32.6 Å². The third-order valence-electron chi connectivity index (χ3n) is 3.44. The summed E-state index contributed by atoms with van der Waals surface area (Å²) in [5.41, 5.74) is 6.00. The normalized spacial score (nSPS) is 19.9. The van der Waals surface area contributed by atoms with E-state index < -0.39 is 0 Å². The third kappa shape index (κ3) is 2.61. The summed E-state index contributed by atoms with van der Waals surface area (Å²) in [7, 11) is 0. The molecule has 1 atom stereocenters. The second-order valence-corrected chi connectivity index (χ2v) is 4.81. The van der Waals surface area contributed by atoms with Gasteiger partial charge in [0, 0.05) is 5.92 Å². The van der Waals surface area contributed by atoms with Crippen LogP contribution in [0.5, 0.6) is 0 Å². The van der Waals surface area contributed by atoms with Crippen LogP contribution in [0, 0.1) is 0 Å². The van der Waals surface area contributed by atoms with Gasteiger partial charge < -0.3 is 5.73 Å². The van der Waals surface area contributed by atoms with Crippen molar-refractivity contribution in [1.82, 2.24) is 15.2 Å². The second-order valence-electron chi connectivity index (χ2n) is 4.81. The topological polar surface area (TPSA) is 67.6 Å². The van der Waals surface area contributed by atoms with E-state index in [1.165, 1.54) is 32.1 Å². The lowest BCUT2D eigenvalue weighted by molar-refractivity contribution is 0.429. The molecule has 0 spiro atoms. The van der Waals surface area contributed by atoms with Gasteiger partial charge in [0.05, 0.1) is 6.04 Å². The molecule has 1 aromatic heterocycles. The van der Waals surface area contributed by atoms with Crippen molar-refractivity contribution >= 4 is 0 Å². The van der Waals surface area contributed by atoms with Crippen molar-refractivity contribution in [2.45, 2.75) is 63.8 Å². The number of hydrogen-bond acceptors (Lipinski definition) is 3. The molecule has 4 heteroatoms. The number of rotatable bonds is 4. The molecule has 4 nitrogen and oxygen atoms in total. The van der Waals surface area contributed by atoms with Crippen LogP contribution < -0.4 is 5.73 Å². The Morgan fingerprint density at radius 1 is 1.38 bits per heavy atom. The van der Waals surface area contributed by atoms with Crippen molar-refractivity contribution in [3.63, 3.8) is 0 Å². The second kappa shape index (κ2) is 5.43. The number of nitrogens with two attached hydrogens (primary N) is 1. The number of H-pyrrole nitrogens is 1. The first kappa shape index (κ1) is 11.6. The van der Waals surface area contributed by atoms with Crippen LogP contribution in [0.1, 0.15) is 75.5 Å². The highest BCUT2D eigenvalue weighted by molar-refractivity contribution is 5.01. The van der Waals surface area contributed by atoms with Crippen LogP contribution >= 0.6 is 0 Å². The number of nitrogens with zero attached hydrogens (tertiary/aromatic N) is 2. The van der Waals surface area contributed by atoms with Crippen LogP contribution in [0.15, 0.2) is 0 Å². The molecule has 0 saturated heterocycles. The SMILES string of the molecule is CCC[C@H](N)c1n[nH]c(C2CCCCC2)n1. The minimum absolute atomic E-state index is 0.00131. The first-order valence-corrected chi connectivity index (χ1v) is 6.49. The minimum atomic E-state index is -0.00131. The summed E-state index contributed by atoms with van der Waals surface area (Å²) in [5, 5.41) is 7.32. The van der Waals surface area contributed by atoms with Gasteiger partial charge in [0.2, 0.25) is 0 Å². The molecule has 0 amide bonds. The highest BCUT2D eigenvalue weighted by Gasteiger charge is 2.20. The van der Waals surface area contributed by atoms with Crippen LogP contribution in [-0.4, -0.2) is 15.2 Å². The Morgan fingerprint density at radius 2 is 2.12 bits per heavy atom. The van der Waals surface area contributed by atoms with E-state index in [1.807, 2.05) is 0 Å². The highest BCUT2D eigenvalue weighted by atomic mass is 15.2. The maximum absolute atomic E-state index is 6.00. The van der Waals surface area contributed by atoms with E-state index in [0.29, 0.717) is 5.92 Å². The smallest absolute Gasteiger partial charge is 0.167 e. The summed E-state index contributed by atoms with van der Waals surface area (Å²) in [6.45, 7) is 2.13. The molecule has 1 saturated carbocycles. The maximum atomic E-state index is 6.00. The fourth-order valence-electron chi connectivity index (χ4n) is 2.45. The van der Waals surface area contributed by atoms with E-state index in [4.69, 9.17) is 5.73 Å². The van der Waals surface area contributed by atoms with E-state index in [0.717, 1.165) is 24.5 Å². The summed E-state index contributed by atoms with van der Waals surface area (Å²) < 4.78 is 0. The summed E-state index contributed by atoms with van der Waals surface area (Å²) in [6, 6.07) is -0.00131. The Bertz CT molecular complexity index is 315. The molecule has 1 aliphatic carbocycles. The number of aromatic amines is 1. The predicted octanol–water partition coefficient (Wildman–Crippen LogP) is 2.65. The van der Waals surface area contributed by atoms with E-state index in [-0.39, 0.29) is 6.04 Å². The lowest BCUT2D eigenvalue weighted by Crippen LogP contribution is -2.12. The first-order chi connectivity index (χ1) is 7.81. The largest absolute Gasteiger partial charge is 0.321 e. The van der Waals surface area contributed by atoms with Crippen LogP contribution in [0.25, 0.3) is 0 Å². The van der Waals surface area contributed by atoms with Gasteiger partial charge >= 0.3 is 0 Å². The zero-order valence-electron chi connectivity index (χ0n) is 10.1. The quantitative estimate of drug-likeness (QED) is 0.823. The van der Waals surface area contributed by atoms with Crippen molar-refractivity contribution < 1.29 is 0 Å². The monoisotopic (exact) mass is 222 g/mol. The molecule has 0 aliphatic heterocycles. The molecule has 3 N–H and O–H groups in total. The fraction of sp³-hybridized carbons (Fsp3) is 0.833. The molecular formula is C12H22N4. The predicted molar refractivity (Wildman–Crippen MR) is 64.0 cm³/mol. The van der Waals surface area contributed by atoms with Gasteiger partial charge in [-0.15, -0.1) is 0 Å². The van der Waals surface area contributed by atoms with Crippen LogP contribution in [0.3, 0.4) is 0 Å². The van der Waals surface area contributed by atoms with Gasteiger partial charge in [-0.3, -0.25) is 5.10 Å². The highest BCUT2D eigenvalue weighted by Crippen LogP contribution is 2.30. The van der Waals surface area contributed by atoms with E-state index >= 15 is 0 Å². The number of aromatic nitrogens is 3. The Morgan fingerprint density at radius 3 is 2.81 bits per heavy atom. The van der Waals surface area contributed by atoms with E-state index in [9.17, 15) is 0 Å². The number of nitrogens with one attached hydrogen (secondary N) is 1. The van der Waals surface area contributed by atoms with Crippen LogP contribution in [0.4, 0.5) is 0 Å². The third-order valence-corrected chi connectivity index (χ3v) is 3.44. The van der Waals surface area contributed by atoms with Crippen molar-refractivity contribution in [3.05, 3.63) is 11.6 Å². The van der Waals surface area contributed by atoms with Crippen LogP contribution in [-0.2, 0) is 0 Å². The Balaban J connectivity index is 2.00. The molecular weight excluding hydrogens is 200 g/mol.